The molecule has 23 heavy (non-hydrogen) atoms. The van der Waals surface area contributed by atoms with Gasteiger partial charge >= 0.3 is 5.97 Å². The number of carbonyl (C=O) groups excluding carboxylic acids is 1. The van der Waals surface area contributed by atoms with Crippen LogP contribution in [0.2, 0.25) is 0 Å². The number of nitrogens with one attached hydrogen (secondary N) is 1. The van der Waals surface area contributed by atoms with Crippen LogP contribution in [0.25, 0.3) is 0 Å². The fraction of sp³-hybridized carbons (Fsp3) is 0.312. The molecule has 1 fully saturated rings. The highest BCUT2D eigenvalue weighted by molar-refractivity contribution is 7.13. The Morgan fingerprint density at radius 2 is 2.13 bits per heavy atom. The van der Waals surface area contributed by atoms with Crippen molar-refractivity contribution >= 4 is 28.9 Å². The third-order valence-electron chi connectivity index (χ3n) is 3.52. The number of carbonyl (C=O) groups is 2. The second-order valence-electron chi connectivity index (χ2n) is 5.29. The summed E-state index contributed by atoms with van der Waals surface area (Å²) in [6.45, 7) is 0.745. The van der Waals surface area contributed by atoms with Crippen LogP contribution >= 0.6 is 11.3 Å². The van der Waals surface area contributed by atoms with Crippen molar-refractivity contribution in [2.45, 2.75) is 25.4 Å². The van der Waals surface area contributed by atoms with E-state index in [0.29, 0.717) is 16.1 Å². The third-order valence-corrected chi connectivity index (χ3v) is 4.61. The van der Waals surface area contributed by atoms with Gasteiger partial charge in [0, 0.05) is 12.3 Å². The zero-order chi connectivity index (χ0) is 16.2. The number of benzene rings is 1. The number of carboxylic acids is 1. The zero-order valence-corrected chi connectivity index (χ0v) is 13.1. The minimum Gasteiger partial charge on any atom is -0.481 e. The maximum atomic E-state index is 12.2. The number of hydrogen-bond acceptors (Lipinski definition) is 5. The molecular formula is C16H16N2O4S. The Morgan fingerprint density at radius 1 is 1.35 bits per heavy atom. The number of carboxylic acid groups (broad SMARTS) is 1. The molecule has 0 bridgehead atoms. The smallest absolute Gasteiger partial charge is 0.307 e. The van der Waals surface area contributed by atoms with Crippen LogP contribution in [0.5, 0.6) is 0 Å². The number of aromatic nitrogens is 1. The predicted octanol–water partition coefficient (Wildman–Crippen LogP) is 2.87. The predicted molar refractivity (Wildman–Crippen MR) is 85.8 cm³/mol. The lowest BCUT2D eigenvalue weighted by Gasteiger charge is -2.05. The van der Waals surface area contributed by atoms with Gasteiger partial charge in [0.2, 0.25) is 0 Å². The van der Waals surface area contributed by atoms with Gasteiger partial charge in [-0.25, -0.2) is 4.98 Å². The fourth-order valence-electron chi connectivity index (χ4n) is 2.39. The number of amides is 1. The van der Waals surface area contributed by atoms with Gasteiger partial charge in [-0.05, 0) is 30.5 Å². The molecule has 1 saturated heterocycles. The van der Waals surface area contributed by atoms with Crippen LogP contribution in [0.15, 0.2) is 30.5 Å². The lowest BCUT2D eigenvalue weighted by molar-refractivity contribution is -0.136. The number of ether oxygens (including phenoxy) is 1. The van der Waals surface area contributed by atoms with E-state index in [1.807, 2.05) is 0 Å². The highest BCUT2D eigenvalue weighted by Gasteiger charge is 2.22. The highest BCUT2D eigenvalue weighted by Crippen LogP contribution is 2.31. The lowest BCUT2D eigenvalue weighted by atomic mass is 10.1. The molecule has 1 unspecified atom stereocenters. The molecule has 2 heterocycles. The van der Waals surface area contributed by atoms with E-state index < -0.39 is 5.97 Å². The van der Waals surface area contributed by atoms with Crippen molar-refractivity contribution in [1.29, 1.82) is 0 Å². The van der Waals surface area contributed by atoms with Crippen LogP contribution < -0.4 is 5.32 Å². The van der Waals surface area contributed by atoms with E-state index in [1.165, 1.54) is 11.3 Å². The summed E-state index contributed by atoms with van der Waals surface area (Å²) in [6, 6.07) is 6.76. The van der Waals surface area contributed by atoms with Crippen molar-refractivity contribution in [1.82, 2.24) is 4.98 Å². The number of rotatable bonds is 5. The van der Waals surface area contributed by atoms with E-state index in [0.717, 1.165) is 24.5 Å². The zero-order valence-electron chi connectivity index (χ0n) is 12.3. The Kier molecular flexibility index (Phi) is 4.68. The Labute approximate surface area is 137 Å². The quantitative estimate of drug-likeness (QED) is 0.879. The highest BCUT2D eigenvalue weighted by atomic mass is 32.1. The minimum atomic E-state index is -0.881. The van der Waals surface area contributed by atoms with Crippen LogP contribution in [0.3, 0.4) is 0 Å². The first kappa shape index (κ1) is 15.6. The van der Waals surface area contributed by atoms with Crippen LogP contribution in [0.1, 0.15) is 39.2 Å². The molecule has 0 radical (unpaired) electrons. The van der Waals surface area contributed by atoms with Gasteiger partial charge in [0.1, 0.15) is 16.0 Å². The van der Waals surface area contributed by atoms with Gasteiger partial charge in [-0.2, -0.15) is 0 Å². The normalized spacial score (nSPS) is 17.1. The van der Waals surface area contributed by atoms with Gasteiger partial charge in [-0.3, -0.25) is 9.59 Å². The minimum absolute atomic E-state index is 0.0110. The molecule has 7 heteroatoms. The average Bonchev–Trinajstić information content (AvgIpc) is 3.19. The second-order valence-corrected chi connectivity index (χ2v) is 6.35. The van der Waals surface area contributed by atoms with Gasteiger partial charge in [0.25, 0.3) is 5.91 Å². The van der Waals surface area contributed by atoms with E-state index in [-0.39, 0.29) is 18.4 Å². The van der Waals surface area contributed by atoms with Gasteiger partial charge in [-0.15, -0.1) is 11.3 Å². The van der Waals surface area contributed by atoms with Crippen molar-refractivity contribution in [3.05, 3.63) is 45.9 Å². The third kappa shape index (κ3) is 3.94. The second kappa shape index (κ2) is 6.89. The largest absolute Gasteiger partial charge is 0.481 e. The first-order chi connectivity index (χ1) is 11.1. The summed E-state index contributed by atoms with van der Waals surface area (Å²) in [5.74, 6) is -1.11. The molecule has 0 spiro atoms. The molecule has 1 aromatic carbocycles. The molecule has 2 aromatic rings. The molecule has 6 nitrogen and oxygen atoms in total. The summed E-state index contributed by atoms with van der Waals surface area (Å²) in [7, 11) is 0. The van der Waals surface area contributed by atoms with Crippen LogP contribution in [0, 0.1) is 0 Å². The Hall–Kier alpha value is -2.25. The summed E-state index contributed by atoms with van der Waals surface area (Å²) < 4.78 is 5.56. The van der Waals surface area contributed by atoms with Gasteiger partial charge in [-0.1, -0.05) is 12.1 Å². The van der Waals surface area contributed by atoms with E-state index in [1.54, 1.807) is 30.5 Å². The molecule has 1 atom stereocenters. The van der Waals surface area contributed by atoms with E-state index in [9.17, 15) is 9.59 Å². The van der Waals surface area contributed by atoms with Crippen LogP contribution in [0.4, 0.5) is 5.69 Å². The van der Waals surface area contributed by atoms with Crippen LogP contribution in [-0.2, 0) is 16.0 Å². The van der Waals surface area contributed by atoms with E-state index >= 15 is 0 Å². The SMILES string of the molecule is O=C(O)Cc1ccc(NC(=O)c2cnc(C3CCCO3)s2)cc1. The van der Waals surface area contributed by atoms with Crippen molar-refractivity contribution < 1.29 is 19.4 Å². The van der Waals surface area contributed by atoms with Crippen molar-refractivity contribution in [2.75, 3.05) is 11.9 Å². The standard InChI is InChI=1S/C16H16N2O4S/c19-14(20)8-10-3-5-11(6-4-10)18-15(21)13-9-17-16(23-13)12-2-1-7-22-12/h3-6,9,12H,1-2,7-8H2,(H,18,21)(H,19,20). The molecule has 0 saturated carbocycles. The molecule has 2 N–H and O–H groups in total. The molecule has 0 aliphatic carbocycles. The maximum absolute atomic E-state index is 12.2. The molecule has 1 aromatic heterocycles. The number of nitrogens with zero attached hydrogens (tertiary/aromatic N) is 1. The van der Waals surface area contributed by atoms with Crippen molar-refractivity contribution in [3.63, 3.8) is 0 Å². The fourth-order valence-corrected chi connectivity index (χ4v) is 3.28. The summed E-state index contributed by atoms with van der Waals surface area (Å²) in [5, 5.41) is 12.4. The lowest BCUT2D eigenvalue weighted by Crippen LogP contribution is -2.10. The number of thiazole rings is 1. The average molecular weight is 332 g/mol. The maximum Gasteiger partial charge on any atom is 0.307 e. The summed E-state index contributed by atoms with van der Waals surface area (Å²) in [6.07, 6.45) is 3.51. The van der Waals surface area contributed by atoms with Crippen LogP contribution in [-0.4, -0.2) is 28.6 Å². The van der Waals surface area contributed by atoms with E-state index in [4.69, 9.17) is 9.84 Å². The summed E-state index contributed by atoms with van der Waals surface area (Å²) in [4.78, 5) is 27.7. The number of anilines is 1. The molecule has 3 rings (SSSR count). The number of hydrogen-bond donors (Lipinski definition) is 2. The van der Waals surface area contributed by atoms with Gasteiger partial charge in [0.15, 0.2) is 0 Å². The first-order valence-electron chi connectivity index (χ1n) is 7.31. The molecule has 1 aliphatic rings. The molecule has 1 aliphatic heterocycles. The summed E-state index contributed by atoms with van der Waals surface area (Å²) >= 11 is 1.34. The Bertz CT molecular complexity index is 705. The Morgan fingerprint density at radius 3 is 2.78 bits per heavy atom. The van der Waals surface area contributed by atoms with Crippen molar-refractivity contribution in [3.8, 4) is 0 Å². The molecular weight excluding hydrogens is 316 g/mol. The molecule has 1 amide bonds. The monoisotopic (exact) mass is 332 g/mol. The number of aliphatic carboxylic acids is 1. The summed E-state index contributed by atoms with van der Waals surface area (Å²) in [5.41, 5.74) is 1.31. The van der Waals surface area contributed by atoms with Crippen molar-refractivity contribution in [2.24, 2.45) is 0 Å². The van der Waals surface area contributed by atoms with Gasteiger partial charge < -0.3 is 15.2 Å². The van der Waals surface area contributed by atoms with E-state index in [2.05, 4.69) is 10.3 Å². The van der Waals surface area contributed by atoms with Gasteiger partial charge in [0.05, 0.1) is 12.6 Å². The Balaban J connectivity index is 1.63. The topological polar surface area (TPSA) is 88.5 Å². The molecule has 120 valence electrons. The first-order valence-corrected chi connectivity index (χ1v) is 8.13.